The third-order valence-corrected chi connectivity index (χ3v) is 5.35. The number of para-hydroxylation sites is 1. The van der Waals surface area contributed by atoms with Crippen molar-refractivity contribution < 1.29 is 35.9 Å². The number of aromatic nitrogens is 1. The van der Waals surface area contributed by atoms with E-state index in [0.717, 1.165) is 16.5 Å². The molecule has 206 valence electrons. The van der Waals surface area contributed by atoms with Crippen molar-refractivity contribution in [3.8, 4) is 5.75 Å². The number of amides is 1. The second-order valence-electron chi connectivity index (χ2n) is 7.45. The molecule has 3 aromatic rings. The summed E-state index contributed by atoms with van der Waals surface area (Å²) in [5.74, 6) is 0.354. The Balaban J connectivity index is 0.000000737. The average molecular weight is 595 g/mol. The number of pyridine rings is 1. The second kappa shape index (κ2) is 17.9. The molecule has 2 aromatic carbocycles. The van der Waals surface area contributed by atoms with Gasteiger partial charge in [0.1, 0.15) is 19.0 Å². The summed E-state index contributed by atoms with van der Waals surface area (Å²) in [7, 11) is -0.926. The first-order chi connectivity index (χ1) is 18.1. The quantitative estimate of drug-likeness (QED) is 0.221. The van der Waals surface area contributed by atoms with Crippen molar-refractivity contribution >= 4 is 74.2 Å². The van der Waals surface area contributed by atoms with E-state index in [9.17, 15) is 26.4 Å². The molecule has 0 aliphatic heterocycles. The van der Waals surface area contributed by atoms with Crippen LogP contribution in [0.4, 0.5) is 13.2 Å². The van der Waals surface area contributed by atoms with Gasteiger partial charge in [0.2, 0.25) is 5.11 Å². The molecular formula is C24H26F3N4NaO5S2. The van der Waals surface area contributed by atoms with Crippen LogP contribution in [-0.4, -0.2) is 93.6 Å². The summed E-state index contributed by atoms with van der Waals surface area (Å²) in [6, 6.07) is 16.5. The van der Waals surface area contributed by atoms with Gasteiger partial charge in [0.15, 0.2) is 0 Å². The topological polar surface area (TPSA) is 119 Å². The zero-order valence-electron chi connectivity index (χ0n) is 20.2. The molecule has 0 spiro atoms. The van der Waals surface area contributed by atoms with Crippen LogP contribution in [-0.2, 0) is 21.7 Å². The van der Waals surface area contributed by atoms with Crippen LogP contribution in [0.3, 0.4) is 0 Å². The number of alkyl halides is 3. The molecule has 9 nitrogen and oxygen atoms in total. The molecule has 0 saturated heterocycles. The van der Waals surface area contributed by atoms with Crippen LogP contribution in [0.1, 0.15) is 15.9 Å². The summed E-state index contributed by atoms with van der Waals surface area (Å²) in [6.07, 6.45) is -2.15. The molecule has 1 heterocycles. The molecule has 2 N–H and O–H groups in total. The van der Waals surface area contributed by atoms with Crippen molar-refractivity contribution in [2.45, 2.75) is 12.6 Å². The summed E-state index contributed by atoms with van der Waals surface area (Å²) in [6.45, 7) is -0.935. The van der Waals surface area contributed by atoms with Crippen LogP contribution in [0.25, 0.3) is 10.9 Å². The van der Waals surface area contributed by atoms with Crippen molar-refractivity contribution in [3.63, 3.8) is 0 Å². The van der Waals surface area contributed by atoms with Gasteiger partial charge >= 0.3 is 46.2 Å². The van der Waals surface area contributed by atoms with E-state index in [0.29, 0.717) is 24.3 Å². The Morgan fingerprint density at radius 1 is 1.10 bits per heavy atom. The molecule has 0 atom stereocenters. The van der Waals surface area contributed by atoms with Crippen LogP contribution in [0, 0.1) is 0 Å². The van der Waals surface area contributed by atoms with Gasteiger partial charge in [-0.05, 0) is 48.5 Å². The number of halogens is 3. The third-order valence-electron chi connectivity index (χ3n) is 4.61. The Labute approximate surface area is 252 Å². The average Bonchev–Trinajstić information content (AvgIpc) is 2.88. The molecule has 15 heteroatoms. The van der Waals surface area contributed by atoms with E-state index in [-0.39, 0.29) is 53.8 Å². The van der Waals surface area contributed by atoms with Crippen LogP contribution in [0.5, 0.6) is 5.75 Å². The first kappa shape index (κ1) is 34.4. The number of nitrogens with zero attached hydrogens (tertiary/aromatic N) is 2. The molecule has 39 heavy (non-hydrogen) atoms. The summed E-state index contributed by atoms with van der Waals surface area (Å²) in [5.41, 5.74) is 2.33. The number of thiocarbonyl (C=S) groups is 1. The van der Waals surface area contributed by atoms with Crippen molar-refractivity contribution in [3.05, 3.63) is 71.9 Å². The SMILES string of the molecule is CNC(=S)N=S(=O)=O.O=C(NCCc1ccc(OCCOCC(F)(F)F)cc1)c1cnc2ccccc2c1.[NaH]. The molecule has 1 aromatic heterocycles. The molecule has 3 rings (SSSR count). The number of carbonyl (C=O) groups is 1. The van der Waals surface area contributed by atoms with E-state index < -0.39 is 23.3 Å². The first-order valence-electron chi connectivity index (χ1n) is 11.1. The Hall–Kier alpha value is -2.62. The molecule has 1 amide bonds. The summed E-state index contributed by atoms with van der Waals surface area (Å²) in [5, 5.41) is 6.11. The maximum atomic E-state index is 12.3. The number of carbonyl (C=O) groups excluding carboxylic acids is 1. The number of nitrogens with one attached hydrogen (secondary N) is 2. The van der Waals surface area contributed by atoms with Crippen molar-refractivity contribution in [1.29, 1.82) is 0 Å². The van der Waals surface area contributed by atoms with Crippen LogP contribution >= 0.6 is 12.2 Å². The minimum atomic E-state index is -4.33. The molecule has 0 saturated carbocycles. The third kappa shape index (κ3) is 14.4. The molecular weight excluding hydrogens is 568 g/mol. The fourth-order valence-corrected chi connectivity index (χ4v) is 3.30. The summed E-state index contributed by atoms with van der Waals surface area (Å²) in [4.78, 5) is 16.6. The van der Waals surface area contributed by atoms with E-state index in [1.54, 1.807) is 18.3 Å². The van der Waals surface area contributed by atoms with Gasteiger partial charge in [0, 0.05) is 25.2 Å². The van der Waals surface area contributed by atoms with Gasteiger partial charge in [0.05, 0.1) is 17.7 Å². The van der Waals surface area contributed by atoms with Gasteiger partial charge in [-0.15, -0.1) is 4.36 Å². The predicted molar refractivity (Wildman–Crippen MR) is 147 cm³/mol. The van der Waals surface area contributed by atoms with Crippen LogP contribution in [0.2, 0.25) is 0 Å². The first-order valence-corrected chi connectivity index (χ1v) is 12.5. The van der Waals surface area contributed by atoms with E-state index in [1.807, 2.05) is 42.5 Å². The van der Waals surface area contributed by atoms with Gasteiger partial charge in [0.25, 0.3) is 5.91 Å². The van der Waals surface area contributed by atoms with E-state index >= 15 is 0 Å². The van der Waals surface area contributed by atoms with Gasteiger partial charge in [-0.1, -0.05) is 30.3 Å². The molecule has 0 radical (unpaired) electrons. The number of rotatable bonds is 9. The summed E-state index contributed by atoms with van der Waals surface area (Å²) >= 11 is 4.36. The molecule has 0 bridgehead atoms. The fraction of sp³-hybridized carbons (Fsp3) is 0.292. The zero-order chi connectivity index (χ0) is 28.0. The number of fused-ring (bicyclic) bond motifs is 1. The van der Waals surface area contributed by atoms with Gasteiger partial charge in [-0.3, -0.25) is 9.78 Å². The standard InChI is InChI=1S/C22H21F3N2O3.C2H4N2O2S2.Na.H/c23-22(24,25)15-29-11-12-30-19-7-5-16(6-8-19)9-10-26-21(28)18-13-17-3-1-2-4-20(17)27-14-18;1-3-2(7)4-8(5)6;;/h1-8,13-14H,9-12,15H2,(H,26,28);1H3,(H,3,7);;. The fourth-order valence-electron chi connectivity index (χ4n) is 2.89. The Morgan fingerprint density at radius 2 is 1.79 bits per heavy atom. The number of benzene rings is 2. The molecule has 0 fully saturated rings. The van der Waals surface area contributed by atoms with Gasteiger partial charge < -0.3 is 20.1 Å². The maximum absolute atomic E-state index is 12.3. The molecule has 0 unspecified atom stereocenters. The Morgan fingerprint density at radius 3 is 2.41 bits per heavy atom. The Bertz CT molecular complexity index is 1350. The van der Waals surface area contributed by atoms with Crippen LogP contribution < -0.4 is 15.4 Å². The minimum absolute atomic E-state index is 0. The van der Waals surface area contributed by atoms with Crippen LogP contribution in [0.15, 0.2) is 65.2 Å². The number of hydrogen-bond acceptors (Lipinski definition) is 7. The second-order valence-corrected chi connectivity index (χ2v) is 8.45. The predicted octanol–water partition coefficient (Wildman–Crippen LogP) is 3.07. The van der Waals surface area contributed by atoms with Crippen molar-refractivity contribution in [2.75, 3.05) is 33.4 Å². The normalized spacial score (nSPS) is 10.4. The zero-order valence-corrected chi connectivity index (χ0v) is 21.8. The van der Waals surface area contributed by atoms with Gasteiger partial charge in [-0.25, -0.2) is 0 Å². The van der Waals surface area contributed by atoms with Gasteiger partial charge in [-0.2, -0.15) is 21.6 Å². The van der Waals surface area contributed by atoms with Crippen molar-refractivity contribution in [1.82, 2.24) is 15.6 Å². The number of hydrogen-bond donors (Lipinski definition) is 2. The molecule has 0 aliphatic carbocycles. The monoisotopic (exact) mass is 594 g/mol. The van der Waals surface area contributed by atoms with Crippen molar-refractivity contribution in [2.24, 2.45) is 4.36 Å². The Kier molecular flexibility index (Phi) is 15.8. The van der Waals surface area contributed by atoms with E-state index in [4.69, 9.17) is 4.74 Å². The van der Waals surface area contributed by atoms with E-state index in [2.05, 4.69) is 36.9 Å². The number of ether oxygens (including phenoxy) is 2. The summed E-state index contributed by atoms with van der Waals surface area (Å²) < 4.78 is 68.0. The molecule has 0 aliphatic rings. The van der Waals surface area contributed by atoms with E-state index in [1.165, 1.54) is 7.05 Å².